The van der Waals surface area contributed by atoms with E-state index in [0.717, 1.165) is 48.7 Å². The van der Waals surface area contributed by atoms with Crippen LogP contribution in [0.4, 0.5) is 10.6 Å². The number of carbonyl (C=O) groups is 1. The number of pyridine rings is 1. The number of carboxylic acid groups (broad SMARTS) is 1. The van der Waals surface area contributed by atoms with Gasteiger partial charge in [0.25, 0.3) is 0 Å². The molecule has 0 saturated carbocycles. The third-order valence-corrected chi connectivity index (χ3v) is 5.48. The molecule has 3 heterocycles. The van der Waals surface area contributed by atoms with Gasteiger partial charge in [0.05, 0.1) is 10.6 Å². The zero-order valence-corrected chi connectivity index (χ0v) is 14.6. The van der Waals surface area contributed by atoms with Gasteiger partial charge >= 0.3 is 6.09 Å². The fourth-order valence-electron chi connectivity index (χ4n) is 3.11. The third-order valence-electron chi connectivity index (χ3n) is 4.47. The summed E-state index contributed by atoms with van der Waals surface area (Å²) in [4.78, 5) is 19.2. The Bertz CT molecular complexity index is 775. The average Bonchev–Trinajstić information content (AvgIpc) is 3.11. The Morgan fingerprint density at radius 3 is 2.84 bits per heavy atom. The highest BCUT2D eigenvalue weighted by atomic mass is 32.1. The molecule has 0 unspecified atom stereocenters. The molecule has 6 nitrogen and oxygen atoms in total. The number of aromatic nitrogens is 1. The fraction of sp³-hybridized carbons (Fsp3) is 0.389. The highest BCUT2D eigenvalue weighted by Crippen LogP contribution is 2.29. The lowest BCUT2D eigenvalue weighted by atomic mass is 9.93. The third kappa shape index (κ3) is 4.48. The van der Waals surface area contributed by atoms with Crippen LogP contribution in [0.15, 0.2) is 30.3 Å². The van der Waals surface area contributed by atoms with Gasteiger partial charge in [-0.3, -0.25) is 0 Å². The van der Waals surface area contributed by atoms with Gasteiger partial charge in [-0.05, 0) is 49.4 Å². The molecule has 0 bridgehead atoms. The van der Waals surface area contributed by atoms with Crippen molar-refractivity contribution in [1.29, 1.82) is 5.26 Å². The van der Waals surface area contributed by atoms with Gasteiger partial charge in [-0.1, -0.05) is 6.07 Å². The molecule has 2 aromatic rings. The molecule has 0 radical (unpaired) electrons. The smallest absolute Gasteiger partial charge is 0.404 e. The number of nitrogens with zero attached hydrogens (tertiary/aromatic N) is 3. The van der Waals surface area contributed by atoms with Crippen molar-refractivity contribution in [3.8, 4) is 16.6 Å². The van der Waals surface area contributed by atoms with E-state index in [4.69, 9.17) is 15.4 Å². The molecule has 2 N–H and O–H groups in total. The van der Waals surface area contributed by atoms with Crippen molar-refractivity contribution in [3.05, 3.63) is 35.2 Å². The van der Waals surface area contributed by atoms with Gasteiger partial charge in [-0.25, -0.2) is 9.78 Å². The predicted molar refractivity (Wildman–Crippen MR) is 97.8 cm³/mol. The van der Waals surface area contributed by atoms with Crippen LogP contribution in [0.3, 0.4) is 0 Å². The SMILES string of the molecule is N#Cc1ccc(-c2cccc(N3CCC(CCNC(=O)O)CC3)n2)s1. The Balaban J connectivity index is 1.59. The van der Waals surface area contributed by atoms with Crippen molar-refractivity contribution >= 4 is 23.2 Å². The van der Waals surface area contributed by atoms with Crippen LogP contribution in [0.2, 0.25) is 0 Å². The van der Waals surface area contributed by atoms with Gasteiger partial charge in [-0.15, -0.1) is 11.3 Å². The standard InChI is InChI=1S/C18H20N4O2S/c19-12-14-4-5-16(25-14)15-2-1-3-17(21-15)22-10-7-13(8-11-22)6-9-20-18(23)24/h1-5,13,20H,6-11H2,(H,23,24). The normalized spacial score (nSPS) is 14.9. The summed E-state index contributed by atoms with van der Waals surface area (Å²) in [7, 11) is 0. The molecule has 1 aliphatic heterocycles. The van der Waals surface area contributed by atoms with Crippen LogP contribution in [0.1, 0.15) is 24.1 Å². The number of hydrogen-bond acceptors (Lipinski definition) is 5. The van der Waals surface area contributed by atoms with Crippen LogP contribution in [-0.4, -0.2) is 35.8 Å². The second kappa shape index (κ2) is 7.99. The Morgan fingerprint density at radius 1 is 1.36 bits per heavy atom. The molecule has 1 fully saturated rings. The van der Waals surface area contributed by atoms with Crippen LogP contribution >= 0.6 is 11.3 Å². The van der Waals surface area contributed by atoms with E-state index in [9.17, 15) is 4.79 Å². The van der Waals surface area contributed by atoms with Crippen molar-refractivity contribution < 1.29 is 9.90 Å². The van der Waals surface area contributed by atoms with Crippen molar-refractivity contribution in [2.75, 3.05) is 24.5 Å². The van der Waals surface area contributed by atoms with Crippen molar-refractivity contribution in [3.63, 3.8) is 0 Å². The van der Waals surface area contributed by atoms with E-state index in [1.54, 1.807) is 0 Å². The Hall–Kier alpha value is -2.59. The van der Waals surface area contributed by atoms with Gasteiger partial charge in [-0.2, -0.15) is 5.26 Å². The first-order valence-corrected chi connectivity index (χ1v) is 9.16. The van der Waals surface area contributed by atoms with Gasteiger partial charge in [0.15, 0.2) is 0 Å². The fourth-order valence-corrected chi connectivity index (χ4v) is 3.88. The van der Waals surface area contributed by atoms with Crippen LogP contribution < -0.4 is 10.2 Å². The summed E-state index contributed by atoms with van der Waals surface area (Å²) in [6.45, 7) is 2.39. The number of amides is 1. The van der Waals surface area contributed by atoms with E-state index in [1.807, 2.05) is 30.3 Å². The van der Waals surface area contributed by atoms with Crippen LogP contribution in [0.25, 0.3) is 10.6 Å². The molecule has 2 aromatic heterocycles. The molecule has 130 valence electrons. The van der Waals surface area contributed by atoms with Gasteiger partial charge in [0, 0.05) is 19.6 Å². The maximum Gasteiger partial charge on any atom is 0.404 e. The first kappa shape index (κ1) is 17.2. The van der Waals surface area contributed by atoms with E-state index in [-0.39, 0.29) is 0 Å². The number of piperidine rings is 1. The van der Waals surface area contributed by atoms with E-state index in [0.29, 0.717) is 17.3 Å². The van der Waals surface area contributed by atoms with Crippen LogP contribution in [-0.2, 0) is 0 Å². The van der Waals surface area contributed by atoms with Gasteiger partial charge in [0.1, 0.15) is 16.8 Å². The van der Waals surface area contributed by atoms with Crippen molar-refractivity contribution in [2.24, 2.45) is 5.92 Å². The maximum atomic E-state index is 10.5. The second-order valence-electron chi connectivity index (χ2n) is 6.11. The van der Waals surface area contributed by atoms with E-state index >= 15 is 0 Å². The van der Waals surface area contributed by atoms with Crippen molar-refractivity contribution in [1.82, 2.24) is 10.3 Å². The summed E-state index contributed by atoms with van der Waals surface area (Å²) in [5, 5.41) is 20.0. The summed E-state index contributed by atoms with van der Waals surface area (Å²) >= 11 is 1.46. The van der Waals surface area contributed by atoms with Crippen LogP contribution in [0, 0.1) is 17.2 Å². The zero-order chi connectivity index (χ0) is 17.6. The minimum Gasteiger partial charge on any atom is -0.465 e. The molecular formula is C18H20N4O2S. The summed E-state index contributed by atoms with van der Waals surface area (Å²) in [6.07, 6.45) is 2.03. The lowest BCUT2D eigenvalue weighted by Gasteiger charge is -2.33. The van der Waals surface area contributed by atoms with E-state index in [1.165, 1.54) is 11.3 Å². The van der Waals surface area contributed by atoms with Gasteiger partial charge < -0.3 is 15.3 Å². The number of rotatable bonds is 5. The quantitative estimate of drug-likeness (QED) is 0.855. The summed E-state index contributed by atoms with van der Waals surface area (Å²) in [6, 6.07) is 11.9. The average molecular weight is 356 g/mol. The lowest BCUT2D eigenvalue weighted by Crippen LogP contribution is -2.35. The largest absolute Gasteiger partial charge is 0.465 e. The minimum absolute atomic E-state index is 0.521. The number of nitrogens with one attached hydrogen (secondary N) is 1. The number of hydrogen-bond donors (Lipinski definition) is 2. The molecule has 0 aromatic carbocycles. The summed E-state index contributed by atoms with van der Waals surface area (Å²) < 4.78 is 0. The maximum absolute atomic E-state index is 10.5. The van der Waals surface area contributed by atoms with Crippen LogP contribution in [0.5, 0.6) is 0 Å². The topological polar surface area (TPSA) is 89.2 Å². The first-order chi connectivity index (χ1) is 12.2. The lowest BCUT2D eigenvalue weighted by molar-refractivity contribution is 0.193. The molecule has 0 atom stereocenters. The summed E-state index contributed by atoms with van der Waals surface area (Å²) in [5.74, 6) is 1.52. The Labute approximate surface area is 150 Å². The number of anilines is 1. The Morgan fingerprint density at radius 2 is 2.16 bits per heavy atom. The second-order valence-corrected chi connectivity index (χ2v) is 7.19. The monoisotopic (exact) mass is 356 g/mol. The number of thiophene rings is 1. The molecule has 25 heavy (non-hydrogen) atoms. The molecule has 0 aliphatic carbocycles. The van der Waals surface area contributed by atoms with E-state index < -0.39 is 6.09 Å². The highest BCUT2D eigenvalue weighted by molar-refractivity contribution is 7.15. The zero-order valence-electron chi connectivity index (χ0n) is 13.8. The molecular weight excluding hydrogens is 336 g/mol. The molecule has 3 rings (SSSR count). The van der Waals surface area contributed by atoms with E-state index in [2.05, 4.69) is 16.3 Å². The molecule has 7 heteroatoms. The van der Waals surface area contributed by atoms with Crippen molar-refractivity contribution in [2.45, 2.75) is 19.3 Å². The highest BCUT2D eigenvalue weighted by Gasteiger charge is 2.20. The molecule has 1 aliphatic rings. The first-order valence-electron chi connectivity index (χ1n) is 8.35. The minimum atomic E-state index is -0.952. The summed E-state index contributed by atoms with van der Waals surface area (Å²) in [5.41, 5.74) is 0.900. The Kier molecular flexibility index (Phi) is 5.51. The van der Waals surface area contributed by atoms with Gasteiger partial charge in [0.2, 0.25) is 0 Å². The number of nitriles is 1. The molecule has 1 saturated heterocycles. The molecule has 1 amide bonds. The predicted octanol–water partition coefficient (Wildman–Crippen LogP) is 3.56. The molecule has 0 spiro atoms.